The second-order valence-electron chi connectivity index (χ2n) is 9.45. The Kier molecular flexibility index (Phi) is 5.51. The Hall–Kier alpha value is -3.19. The van der Waals surface area contributed by atoms with Crippen molar-refractivity contribution < 1.29 is 22.7 Å². The first-order chi connectivity index (χ1) is 16.5. The van der Waals surface area contributed by atoms with E-state index in [0.717, 1.165) is 4.90 Å². The number of ketones is 1. The van der Waals surface area contributed by atoms with Gasteiger partial charge in [-0.15, -0.1) is 0 Å². The summed E-state index contributed by atoms with van der Waals surface area (Å²) < 4.78 is 48.8. The molecule has 2 fully saturated rings. The van der Waals surface area contributed by atoms with Gasteiger partial charge in [-0.05, 0) is 18.6 Å². The average Bonchev–Trinajstić information content (AvgIpc) is 3.34. The van der Waals surface area contributed by atoms with Gasteiger partial charge >= 0.3 is 6.18 Å². The summed E-state index contributed by atoms with van der Waals surface area (Å²) in [4.78, 5) is 38.9. The number of hydrogen-bond acceptors (Lipinski definition) is 9. The van der Waals surface area contributed by atoms with Gasteiger partial charge in [0.2, 0.25) is 5.95 Å². The molecule has 3 atom stereocenters. The van der Waals surface area contributed by atoms with Crippen LogP contribution in [0.5, 0.6) is 0 Å². The summed E-state index contributed by atoms with van der Waals surface area (Å²) in [6.07, 6.45) is -3.25. The number of ether oxygens (including phenoxy) is 1. The van der Waals surface area contributed by atoms with Gasteiger partial charge in [-0.3, -0.25) is 14.2 Å². The van der Waals surface area contributed by atoms with Crippen molar-refractivity contribution in [1.29, 1.82) is 0 Å². The number of hydrogen-bond donors (Lipinski definition) is 1. The number of anilines is 3. The van der Waals surface area contributed by atoms with E-state index < -0.39 is 35.8 Å². The largest absolute Gasteiger partial charge is 0.408 e. The maximum absolute atomic E-state index is 14.0. The van der Waals surface area contributed by atoms with E-state index in [1.165, 1.54) is 22.9 Å². The first-order valence-electron chi connectivity index (χ1n) is 11.3. The van der Waals surface area contributed by atoms with Gasteiger partial charge in [0, 0.05) is 51.4 Å². The average molecular weight is 493 g/mol. The topological polar surface area (TPSA) is 110 Å². The monoisotopic (exact) mass is 493 g/mol. The first-order valence-corrected chi connectivity index (χ1v) is 11.3. The maximum atomic E-state index is 14.0. The molecule has 2 bridgehead atoms. The lowest BCUT2D eigenvalue weighted by Gasteiger charge is -2.40. The van der Waals surface area contributed by atoms with E-state index in [-0.39, 0.29) is 43.0 Å². The molecule has 5 heterocycles. The van der Waals surface area contributed by atoms with Crippen molar-refractivity contribution in [2.24, 2.45) is 5.73 Å². The highest BCUT2D eigenvalue weighted by Gasteiger charge is 2.51. The van der Waals surface area contributed by atoms with Crippen LogP contribution in [0.15, 0.2) is 29.2 Å². The predicted octanol–water partition coefficient (Wildman–Crippen LogP) is 0.992. The zero-order chi connectivity index (χ0) is 25.1. The number of fused-ring (bicyclic) bond motifs is 3. The van der Waals surface area contributed by atoms with E-state index in [1.54, 1.807) is 30.0 Å². The normalized spacial score (nSPS) is 25.7. The minimum Gasteiger partial charge on any atom is -0.372 e. The molecular formula is C22H26F3N7O3. The molecule has 5 rings (SSSR count). The fourth-order valence-electron chi connectivity index (χ4n) is 4.97. The summed E-state index contributed by atoms with van der Waals surface area (Å²) in [6, 6.07) is 2.46. The van der Waals surface area contributed by atoms with E-state index in [9.17, 15) is 22.8 Å². The number of morpholine rings is 1. The van der Waals surface area contributed by atoms with Gasteiger partial charge in [-0.25, -0.2) is 4.98 Å². The van der Waals surface area contributed by atoms with E-state index in [1.807, 2.05) is 0 Å². The smallest absolute Gasteiger partial charge is 0.372 e. The molecule has 13 heteroatoms. The van der Waals surface area contributed by atoms with Crippen molar-refractivity contribution >= 4 is 23.4 Å². The standard InChI is InChI=1S/C22H26F3N7O3/c1-29(2)17-4-3-13(9-27-17)15(33)11-31-16(22(23,24)25)5-6-30-19(34)7-18(28-20(30)31)32-10-14-8-21(32,26)12-35-14/h3-4,7,9,14,16H,5-6,8,10-12,26H2,1-2H3/t14-,16-,21-/m0/s1. The van der Waals surface area contributed by atoms with Crippen LogP contribution in [0.25, 0.3) is 0 Å². The van der Waals surface area contributed by atoms with Crippen LogP contribution in [0.2, 0.25) is 0 Å². The second-order valence-corrected chi connectivity index (χ2v) is 9.45. The zero-order valence-corrected chi connectivity index (χ0v) is 19.3. The Morgan fingerprint density at radius 2 is 2.11 bits per heavy atom. The molecule has 0 spiro atoms. The highest BCUT2D eigenvalue weighted by Crippen LogP contribution is 2.39. The van der Waals surface area contributed by atoms with E-state index >= 15 is 0 Å². The van der Waals surface area contributed by atoms with Gasteiger partial charge in [-0.2, -0.15) is 18.2 Å². The molecule has 2 saturated heterocycles. The number of alkyl halides is 3. The van der Waals surface area contributed by atoms with Crippen LogP contribution in [0.3, 0.4) is 0 Å². The molecule has 0 amide bonds. The van der Waals surface area contributed by atoms with Crippen LogP contribution < -0.4 is 26.0 Å². The molecule has 188 valence electrons. The Labute approximate surface area is 199 Å². The van der Waals surface area contributed by atoms with E-state index in [4.69, 9.17) is 10.5 Å². The molecule has 2 aromatic rings. The zero-order valence-electron chi connectivity index (χ0n) is 19.3. The van der Waals surface area contributed by atoms with Gasteiger partial charge in [0.1, 0.15) is 23.3 Å². The molecule has 2 aromatic heterocycles. The van der Waals surface area contributed by atoms with E-state index in [0.29, 0.717) is 18.8 Å². The number of carbonyl (C=O) groups is 1. The van der Waals surface area contributed by atoms with Crippen LogP contribution in [0, 0.1) is 0 Å². The molecule has 0 unspecified atom stereocenters. The van der Waals surface area contributed by atoms with Crippen LogP contribution in [0.4, 0.5) is 30.8 Å². The third kappa shape index (κ3) is 4.12. The summed E-state index contributed by atoms with van der Waals surface area (Å²) >= 11 is 0. The number of rotatable bonds is 5. The van der Waals surface area contributed by atoms with Crippen LogP contribution in [-0.4, -0.2) is 78.1 Å². The molecule has 0 saturated carbocycles. The van der Waals surface area contributed by atoms with E-state index in [2.05, 4.69) is 9.97 Å². The van der Waals surface area contributed by atoms with Crippen molar-refractivity contribution in [3.63, 3.8) is 0 Å². The Bertz CT molecular complexity index is 1200. The van der Waals surface area contributed by atoms with Crippen molar-refractivity contribution in [3.05, 3.63) is 40.3 Å². The molecule has 0 aliphatic carbocycles. The van der Waals surface area contributed by atoms with Gasteiger partial charge in [-0.1, -0.05) is 0 Å². The SMILES string of the molecule is CN(C)c1ccc(C(=O)CN2c3nc(N4C[C@@H]5C[C@@]4(N)CO5)cc(=O)n3CC[C@H]2C(F)(F)F)cn1. The third-order valence-electron chi connectivity index (χ3n) is 6.80. The highest BCUT2D eigenvalue weighted by molar-refractivity contribution is 5.99. The summed E-state index contributed by atoms with van der Waals surface area (Å²) in [5.74, 6) is 0.0380. The van der Waals surface area contributed by atoms with Crippen molar-refractivity contribution in [2.45, 2.75) is 43.4 Å². The highest BCUT2D eigenvalue weighted by atomic mass is 19.4. The minimum absolute atomic E-state index is 0.126. The molecule has 35 heavy (non-hydrogen) atoms. The first kappa shape index (κ1) is 23.5. The second kappa shape index (κ2) is 8.19. The van der Waals surface area contributed by atoms with Crippen LogP contribution >= 0.6 is 0 Å². The minimum atomic E-state index is -4.62. The number of carbonyl (C=O) groups excluding carboxylic acids is 1. The summed E-state index contributed by atoms with van der Waals surface area (Å²) in [5.41, 5.74) is 5.22. The van der Waals surface area contributed by atoms with Crippen molar-refractivity contribution in [1.82, 2.24) is 14.5 Å². The number of nitrogens with zero attached hydrogens (tertiary/aromatic N) is 6. The van der Waals surface area contributed by atoms with Crippen LogP contribution in [-0.2, 0) is 11.3 Å². The molecule has 10 nitrogen and oxygen atoms in total. The summed E-state index contributed by atoms with van der Waals surface area (Å²) in [7, 11) is 3.57. The maximum Gasteiger partial charge on any atom is 0.408 e. The molecule has 2 N–H and O–H groups in total. The predicted molar refractivity (Wildman–Crippen MR) is 122 cm³/mol. The number of pyridine rings is 1. The fourth-order valence-corrected chi connectivity index (χ4v) is 4.97. The molecule has 0 aromatic carbocycles. The molecule has 3 aliphatic heterocycles. The summed E-state index contributed by atoms with van der Waals surface area (Å²) in [5, 5.41) is 0. The lowest BCUT2D eigenvalue weighted by molar-refractivity contribution is -0.152. The number of nitrogens with two attached hydrogens (primary N) is 1. The van der Waals surface area contributed by atoms with Gasteiger partial charge < -0.3 is 25.2 Å². The molecule has 3 aliphatic rings. The fraction of sp³-hybridized carbons (Fsp3) is 0.545. The Balaban J connectivity index is 1.52. The summed E-state index contributed by atoms with van der Waals surface area (Å²) in [6.45, 7) is -0.142. The quantitative estimate of drug-likeness (QED) is 0.610. The molecular weight excluding hydrogens is 467 g/mol. The molecule has 0 radical (unpaired) electrons. The van der Waals surface area contributed by atoms with Gasteiger partial charge in [0.15, 0.2) is 5.78 Å². The number of halogens is 3. The number of Topliss-reactive ketones (excluding diaryl/α,β-unsaturated/α-hetero) is 1. The third-order valence-corrected chi connectivity index (χ3v) is 6.80. The van der Waals surface area contributed by atoms with Gasteiger partial charge in [0.05, 0.1) is 19.3 Å². The lowest BCUT2D eigenvalue weighted by Crippen LogP contribution is -2.57. The van der Waals surface area contributed by atoms with Crippen LogP contribution in [0.1, 0.15) is 23.2 Å². The number of aromatic nitrogens is 3. The van der Waals surface area contributed by atoms with Crippen molar-refractivity contribution in [3.8, 4) is 0 Å². The lowest BCUT2D eigenvalue weighted by atomic mass is 10.1. The Morgan fingerprint density at radius 1 is 1.34 bits per heavy atom. The van der Waals surface area contributed by atoms with Gasteiger partial charge in [0.25, 0.3) is 5.56 Å². The Morgan fingerprint density at radius 3 is 2.69 bits per heavy atom. The van der Waals surface area contributed by atoms with Crippen molar-refractivity contribution in [2.75, 3.05) is 48.5 Å².